The van der Waals surface area contributed by atoms with Crippen molar-refractivity contribution in [3.05, 3.63) is 59.4 Å². The van der Waals surface area contributed by atoms with Crippen molar-refractivity contribution in [1.29, 1.82) is 0 Å². The number of alkyl halides is 3. The van der Waals surface area contributed by atoms with Gasteiger partial charge in [-0.05, 0) is 23.3 Å². The summed E-state index contributed by atoms with van der Waals surface area (Å²) < 4.78 is 50.5. The highest BCUT2D eigenvalue weighted by molar-refractivity contribution is 5.75. The zero-order valence-electron chi connectivity index (χ0n) is 11.5. The molecule has 1 aromatic heterocycles. The fourth-order valence-electron chi connectivity index (χ4n) is 2.06. The Morgan fingerprint density at radius 2 is 1.61 bits per heavy atom. The molecule has 0 bridgehead atoms. The van der Waals surface area contributed by atoms with Crippen LogP contribution in [0.25, 0.3) is 0 Å². The van der Waals surface area contributed by atoms with Gasteiger partial charge in [0.15, 0.2) is 0 Å². The Morgan fingerprint density at radius 1 is 1.09 bits per heavy atom. The fourth-order valence-corrected chi connectivity index (χ4v) is 2.06. The second kappa shape index (κ2) is 6.29. The maximum absolute atomic E-state index is 13.0. The molecule has 0 amide bonds. The molecule has 0 saturated heterocycles. The van der Waals surface area contributed by atoms with E-state index in [9.17, 15) is 22.4 Å². The standard InChI is InChI=1S/C14H11F4N3O2/c15-9-3-1-7(2-4-9)10(11(19)12(22)23)8-5-20-13(21-6-8)14(16,17)18/h1-6,10-11H,19H2,(H,22,23)/t10-,11-/m0/s1. The minimum atomic E-state index is -4.71. The molecular weight excluding hydrogens is 318 g/mol. The van der Waals surface area contributed by atoms with Crippen molar-refractivity contribution in [3.8, 4) is 0 Å². The first-order valence-electron chi connectivity index (χ1n) is 6.33. The van der Waals surface area contributed by atoms with Crippen molar-refractivity contribution in [3.63, 3.8) is 0 Å². The summed E-state index contributed by atoms with van der Waals surface area (Å²) in [6.07, 6.45) is -2.97. The third kappa shape index (κ3) is 3.81. The number of hydrogen-bond acceptors (Lipinski definition) is 4. The third-order valence-electron chi connectivity index (χ3n) is 3.16. The summed E-state index contributed by atoms with van der Waals surface area (Å²) in [5, 5.41) is 9.09. The first kappa shape index (κ1) is 16.8. The number of rotatable bonds is 4. The molecule has 2 atom stereocenters. The van der Waals surface area contributed by atoms with Crippen LogP contribution in [-0.4, -0.2) is 27.1 Å². The smallest absolute Gasteiger partial charge is 0.451 e. The lowest BCUT2D eigenvalue weighted by Gasteiger charge is -2.21. The average Bonchev–Trinajstić information content (AvgIpc) is 2.49. The van der Waals surface area contributed by atoms with Crippen molar-refractivity contribution >= 4 is 5.97 Å². The summed E-state index contributed by atoms with van der Waals surface area (Å²) in [5.41, 5.74) is 6.02. The van der Waals surface area contributed by atoms with E-state index < -0.39 is 35.7 Å². The number of hydrogen-bond donors (Lipinski definition) is 2. The van der Waals surface area contributed by atoms with E-state index in [1.807, 2.05) is 0 Å². The van der Waals surface area contributed by atoms with Crippen molar-refractivity contribution in [2.75, 3.05) is 0 Å². The highest BCUT2D eigenvalue weighted by Crippen LogP contribution is 2.29. The normalized spacial score (nSPS) is 14.3. The lowest BCUT2D eigenvalue weighted by molar-refractivity contribution is -0.145. The Bertz CT molecular complexity index is 687. The van der Waals surface area contributed by atoms with Crippen LogP contribution in [0.4, 0.5) is 17.6 Å². The van der Waals surface area contributed by atoms with E-state index in [0.29, 0.717) is 5.56 Å². The lowest BCUT2D eigenvalue weighted by Crippen LogP contribution is -2.37. The molecule has 0 saturated carbocycles. The highest BCUT2D eigenvalue weighted by Gasteiger charge is 2.35. The van der Waals surface area contributed by atoms with Gasteiger partial charge < -0.3 is 10.8 Å². The molecule has 122 valence electrons. The van der Waals surface area contributed by atoms with Crippen LogP contribution in [0.2, 0.25) is 0 Å². The molecule has 0 radical (unpaired) electrons. The van der Waals surface area contributed by atoms with Crippen LogP contribution in [0.3, 0.4) is 0 Å². The van der Waals surface area contributed by atoms with Crippen molar-refractivity contribution in [1.82, 2.24) is 9.97 Å². The molecule has 0 fully saturated rings. The van der Waals surface area contributed by atoms with Crippen molar-refractivity contribution in [2.24, 2.45) is 5.73 Å². The van der Waals surface area contributed by atoms with Crippen LogP contribution < -0.4 is 5.73 Å². The second-order valence-corrected chi connectivity index (χ2v) is 4.73. The van der Waals surface area contributed by atoms with E-state index in [0.717, 1.165) is 24.5 Å². The van der Waals surface area contributed by atoms with E-state index in [1.54, 1.807) is 0 Å². The van der Waals surface area contributed by atoms with Gasteiger partial charge in [0.05, 0.1) is 0 Å². The van der Waals surface area contributed by atoms with Gasteiger partial charge in [-0.2, -0.15) is 13.2 Å². The molecule has 2 aromatic rings. The van der Waals surface area contributed by atoms with Crippen LogP contribution in [0.1, 0.15) is 22.9 Å². The number of nitrogens with two attached hydrogens (primary N) is 1. The van der Waals surface area contributed by atoms with E-state index in [2.05, 4.69) is 9.97 Å². The SMILES string of the molecule is N[C@H](C(=O)O)[C@@H](c1ccc(F)cc1)c1cnc(C(F)(F)F)nc1. The molecule has 1 heterocycles. The number of aliphatic carboxylic acids is 1. The Morgan fingerprint density at radius 3 is 2.04 bits per heavy atom. The van der Waals surface area contributed by atoms with E-state index in [1.165, 1.54) is 12.1 Å². The highest BCUT2D eigenvalue weighted by atomic mass is 19.4. The van der Waals surface area contributed by atoms with Crippen LogP contribution in [0, 0.1) is 5.82 Å². The maximum Gasteiger partial charge on any atom is 0.451 e. The van der Waals surface area contributed by atoms with Gasteiger partial charge in [0.25, 0.3) is 0 Å². The number of benzene rings is 1. The number of carboxylic acids is 1. The summed E-state index contributed by atoms with van der Waals surface area (Å²) in [5.74, 6) is -4.27. The number of nitrogens with zero attached hydrogens (tertiary/aromatic N) is 2. The molecule has 5 nitrogen and oxygen atoms in total. The van der Waals surface area contributed by atoms with Gasteiger partial charge in [-0.3, -0.25) is 4.79 Å². The molecular formula is C14H11F4N3O2. The van der Waals surface area contributed by atoms with Crippen LogP contribution in [0.15, 0.2) is 36.7 Å². The fraction of sp³-hybridized carbons (Fsp3) is 0.214. The van der Waals surface area contributed by atoms with E-state index >= 15 is 0 Å². The van der Waals surface area contributed by atoms with Crippen molar-refractivity contribution in [2.45, 2.75) is 18.1 Å². The topological polar surface area (TPSA) is 89.1 Å². The second-order valence-electron chi connectivity index (χ2n) is 4.73. The minimum Gasteiger partial charge on any atom is -0.480 e. The van der Waals surface area contributed by atoms with Gasteiger partial charge >= 0.3 is 12.1 Å². The predicted molar refractivity (Wildman–Crippen MR) is 70.9 cm³/mol. The zero-order chi connectivity index (χ0) is 17.2. The van der Waals surface area contributed by atoms with Gasteiger partial charge in [0, 0.05) is 18.3 Å². The predicted octanol–water partition coefficient (Wildman–Crippen LogP) is 2.18. The molecule has 9 heteroatoms. The van der Waals surface area contributed by atoms with E-state index in [4.69, 9.17) is 10.8 Å². The largest absolute Gasteiger partial charge is 0.480 e. The van der Waals surface area contributed by atoms with Crippen LogP contribution in [-0.2, 0) is 11.0 Å². The van der Waals surface area contributed by atoms with Gasteiger partial charge in [-0.25, -0.2) is 14.4 Å². The molecule has 0 aliphatic carbocycles. The number of halogens is 4. The Kier molecular flexibility index (Phi) is 4.60. The Labute approximate surface area is 127 Å². The molecule has 0 aliphatic rings. The summed E-state index contributed by atoms with van der Waals surface area (Å²) in [4.78, 5) is 17.6. The van der Waals surface area contributed by atoms with Gasteiger partial charge in [0.1, 0.15) is 11.9 Å². The van der Waals surface area contributed by atoms with Gasteiger partial charge in [-0.15, -0.1) is 0 Å². The molecule has 3 N–H and O–H groups in total. The zero-order valence-corrected chi connectivity index (χ0v) is 11.5. The summed E-state index contributed by atoms with van der Waals surface area (Å²) in [6.45, 7) is 0. The van der Waals surface area contributed by atoms with Crippen LogP contribution >= 0.6 is 0 Å². The molecule has 0 aliphatic heterocycles. The summed E-state index contributed by atoms with van der Waals surface area (Å²) in [6, 6.07) is 3.35. The van der Waals surface area contributed by atoms with Gasteiger partial charge in [0.2, 0.25) is 5.82 Å². The Hall–Kier alpha value is -2.55. The minimum absolute atomic E-state index is 0.0829. The monoisotopic (exact) mass is 329 g/mol. The molecule has 2 rings (SSSR count). The Balaban J connectivity index is 2.45. The first-order valence-corrected chi connectivity index (χ1v) is 6.33. The molecule has 23 heavy (non-hydrogen) atoms. The summed E-state index contributed by atoms with van der Waals surface area (Å²) >= 11 is 0. The summed E-state index contributed by atoms with van der Waals surface area (Å²) in [7, 11) is 0. The van der Waals surface area contributed by atoms with Crippen LogP contribution in [0.5, 0.6) is 0 Å². The van der Waals surface area contributed by atoms with Crippen molar-refractivity contribution < 1.29 is 27.5 Å². The first-order chi connectivity index (χ1) is 10.7. The van der Waals surface area contributed by atoms with Gasteiger partial charge in [-0.1, -0.05) is 12.1 Å². The molecule has 1 aromatic carbocycles. The number of aromatic nitrogens is 2. The van der Waals surface area contributed by atoms with E-state index in [-0.39, 0.29) is 5.56 Å². The molecule has 0 spiro atoms. The third-order valence-corrected chi connectivity index (χ3v) is 3.16. The molecule has 0 unspecified atom stereocenters. The number of carbonyl (C=O) groups is 1. The number of carboxylic acid groups (broad SMARTS) is 1. The quantitative estimate of drug-likeness (QED) is 0.839. The lowest BCUT2D eigenvalue weighted by atomic mass is 9.87. The maximum atomic E-state index is 13.0. The average molecular weight is 329 g/mol.